The van der Waals surface area contributed by atoms with Gasteiger partial charge < -0.3 is 4.74 Å². The molecule has 0 bridgehead atoms. The second kappa shape index (κ2) is 5.44. The summed E-state index contributed by atoms with van der Waals surface area (Å²) >= 11 is 16.4. The largest absolute Gasteiger partial charge is 0.484 e. The smallest absolute Gasteiger partial charge is 0.259 e. The lowest BCUT2D eigenvalue weighted by Gasteiger charge is -2.05. The van der Waals surface area contributed by atoms with Gasteiger partial charge >= 0.3 is 0 Å². The van der Waals surface area contributed by atoms with Crippen LogP contribution in [0.5, 0.6) is 5.75 Å². The molecule has 0 saturated heterocycles. The van der Waals surface area contributed by atoms with Crippen molar-refractivity contribution in [1.82, 2.24) is 0 Å². The number of ether oxygens (including phenoxy) is 1. The lowest BCUT2D eigenvalue weighted by atomic mass is 10.2. The van der Waals surface area contributed by atoms with Gasteiger partial charge in [-0.2, -0.15) is 0 Å². The van der Waals surface area contributed by atoms with E-state index in [9.17, 15) is 4.79 Å². The Morgan fingerprint density at radius 3 is 2.29 bits per heavy atom. The molecule has 0 aliphatic rings. The summed E-state index contributed by atoms with van der Waals surface area (Å²) in [4.78, 5) is 9.83. The zero-order valence-electron chi connectivity index (χ0n) is 7.04. The van der Waals surface area contributed by atoms with Gasteiger partial charge in [-0.25, -0.2) is 0 Å². The van der Waals surface area contributed by atoms with Crippen molar-refractivity contribution >= 4 is 40.0 Å². The molecule has 0 N–H and O–H groups in total. The number of halogens is 3. The molecule has 0 radical (unpaired) electrons. The monoisotopic (exact) mass is 252 g/mol. The molecular weight excluding hydrogens is 246 g/mol. The zero-order valence-corrected chi connectivity index (χ0v) is 9.31. The molecule has 0 spiro atoms. The highest BCUT2D eigenvalue weighted by Gasteiger charge is 2.03. The Morgan fingerprint density at radius 2 is 1.86 bits per heavy atom. The van der Waals surface area contributed by atoms with E-state index in [1.165, 1.54) is 0 Å². The minimum Gasteiger partial charge on any atom is -0.484 e. The molecule has 1 aromatic carbocycles. The van der Waals surface area contributed by atoms with Crippen LogP contribution in [0, 0.1) is 0 Å². The summed E-state index contributed by atoms with van der Waals surface area (Å²) < 4.78 is 5.03. The van der Waals surface area contributed by atoms with E-state index in [1.54, 1.807) is 24.3 Å². The van der Waals surface area contributed by atoms with Crippen LogP contribution in [0.3, 0.4) is 0 Å². The molecule has 76 valence electrons. The average molecular weight is 254 g/mol. The quantitative estimate of drug-likeness (QED) is 0.608. The molecule has 2 nitrogen and oxygen atoms in total. The van der Waals surface area contributed by atoms with Gasteiger partial charge in [-0.15, -0.1) is 23.2 Å². The van der Waals surface area contributed by atoms with Gasteiger partial charge in [0.15, 0.2) is 6.61 Å². The maximum atomic E-state index is 10.4. The summed E-state index contributed by atoms with van der Waals surface area (Å²) in [7, 11) is 0. The maximum Gasteiger partial charge on any atom is 0.259 e. The predicted molar refractivity (Wildman–Crippen MR) is 57.2 cm³/mol. The summed E-state index contributed by atoms with van der Waals surface area (Å²) in [5.74, 6) is 0.553. The van der Waals surface area contributed by atoms with Crippen LogP contribution in [0.2, 0.25) is 0 Å². The van der Waals surface area contributed by atoms with Crippen LogP contribution in [0.15, 0.2) is 24.3 Å². The number of hydrogen-bond donors (Lipinski definition) is 0. The summed E-state index contributed by atoms with van der Waals surface area (Å²) in [6.45, 7) is -0.147. The minimum absolute atomic E-state index is 0.147. The average Bonchev–Trinajstić information content (AvgIpc) is 2.15. The topological polar surface area (TPSA) is 26.3 Å². The van der Waals surface area contributed by atoms with Crippen molar-refractivity contribution in [3.05, 3.63) is 29.8 Å². The number of benzene rings is 1. The number of hydrogen-bond acceptors (Lipinski definition) is 2. The number of alkyl halides is 2. The van der Waals surface area contributed by atoms with Crippen LogP contribution in [0.4, 0.5) is 0 Å². The summed E-state index contributed by atoms with van der Waals surface area (Å²) in [5, 5.41) is -0.540. The molecule has 0 aliphatic heterocycles. The molecular formula is C9H7Cl3O2. The van der Waals surface area contributed by atoms with Gasteiger partial charge in [-0.05, 0) is 29.3 Å². The van der Waals surface area contributed by atoms with Crippen molar-refractivity contribution in [2.45, 2.75) is 4.84 Å². The van der Waals surface area contributed by atoms with E-state index < -0.39 is 10.1 Å². The first-order chi connectivity index (χ1) is 6.59. The van der Waals surface area contributed by atoms with E-state index in [-0.39, 0.29) is 6.61 Å². The van der Waals surface area contributed by atoms with E-state index >= 15 is 0 Å². The van der Waals surface area contributed by atoms with E-state index in [2.05, 4.69) is 0 Å². The zero-order chi connectivity index (χ0) is 10.6. The van der Waals surface area contributed by atoms with Crippen LogP contribution in [-0.2, 0) is 4.79 Å². The Kier molecular flexibility index (Phi) is 4.52. The Bertz CT molecular complexity index is 308. The van der Waals surface area contributed by atoms with E-state index in [0.29, 0.717) is 5.75 Å². The van der Waals surface area contributed by atoms with Gasteiger partial charge in [0.05, 0.1) is 0 Å². The van der Waals surface area contributed by atoms with Gasteiger partial charge in [-0.3, -0.25) is 4.79 Å². The van der Waals surface area contributed by atoms with Crippen molar-refractivity contribution in [2.24, 2.45) is 0 Å². The van der Waals surface area contributed by atoms with Gasteiger partial charge in [-0.1, -0.05) is 12.1 Å². The highest BCUT2D eigenvalue weighted by atomic mass is 35.5. The molecule has 14 heavy (non-hydrogen) atoms. The highest BCUT2D eigenvalue weighted by Crippen LogP contribution is 2.26. The van der Waals surface area contributed by atoms with Crippen LogP contribution in [0.1, 0.15) is 10.4 Å². The van der Waals surface area contributed by atoms with E-state index in [0.717, 1.165) is 5.56 Å². The van der Waals surface area contributed by atoms with E-state index in [4.69, 9.17) is 39.5 Å². The lowest BCUT2D eigenvalue weighted by Crippen LogP contribution is -2.04. The van der Waals surface area contributed by atoms with Crippen LogP contribution in [-0.4, -0.2) is 11.8 Å². The molecule has 0 fully saturated rings. The first kappa shape index (κ1) is 11.6. The second-order valence-electron chi connectivity index (χ2n) is 2.51. The van der Waals surface area contributed by atoms with Crippen molar-refractivity contribution in [1.29, 1.82) is 0 Å². The van der Waals surface area contributed by atoms with Crippen molar-refractivity contribution in [3.63, 3.8) is 0 Å². The molecule has 1 rings (SSSR count). The molecule has 0 saturated carbocycles. The molecule has 0 heterocycles. The Hall–Kier alpha value is -0.440. The first-order valence-electron chi connectivity index (χ1n) is 3.79. The minimum atomic E-state index is -0.557. The van der Waals surface area contributed by atoms with Gasteiger partial charge in [0.1, 0.15) is 10.6 Å². The SMILES string of the molecule is O=C(Cl)COc1ccc(C(Cl)Cl)cc1. The van der Waals surface area contributed by atoms with Crippen LogP contribution in [0.25, 0.3) is 0 Å². The molecule has 0 amide bonds. The number of carbonyl (C=O) groups excluding carboxylic acids is 1. The first-order valence-corrected chi connectivity index (χ1v) is 5.04. The van der Waals surface area contributed by atoms with Crippen molar-refractivity contribution in [3.8, 4) is 5.75 Å². The highest BCUT2D eigenvalue weighted by molar-refractivity contribution is 6.63. The summed E-state index contributed by atoms with van der Waals surface area (Å²) in [6, 6.07) is 6.79. The van der Waals surface area contributed by atoms with Crippen molar-refractivity contribution < 1.29 is 9.53 Å². The molecule has 1 aromatic rings. The van der Waals surface area contributed by atoms with Gasteiger partial charge in [0.2, 0.25) is 0 Å². The lowest BCUT2D eigenvalue weighted by molar-refractivity contribution is -0.113. The third-order valence-corrected chi connectivity index (χ3v) is 2.10. The second-order valence-corrected chi connectivity index (χ2v) is 4.03. The third-order valence-electron chi connectivity index (χ3n) is 1.48. The molecule has 0 unspecified atom stereocenters. The van der Waals surface area contributed by atoms with Crippen molar-refractivity contribution in [2.75, 3.05) is 6.61 Å². The standard InChI is InChI=1S/C9H7Cl3O2/c10-8(13)5-14-7-3-1-6(2-4-7)9(11)12/h1-4,9H,5H2. The van der Waals surface area contributed by atoms with Gasteiger partial charge in [0, 0.05) is 0 Å². The summed E-state index contributed by atoms with van der Waals surface area (Å²) in [5.41, 5.74) is 0.776. The fourth-order valence-corrected chi connectivity index (χ4v) is 1.20. The molecule has 0 aromatic heterocycles. The number of carbonyl (C=O) groups is 1. The molecule has 5 heteroatoms. The molecule has 0 atom stereocenters. The van der Waals surface area contributed by atoms with Crippen LogP contribution >= 0.6 is 34.8 Å². The Balaban J connectivity index is 2.59. The fraction of sp³-hybridized carbons (Fsp3) is 0.222. The third kappa shape index (κ3) is 3.74. The fourth-order valence-electron chi connectivity index (χ4n) is 0.850. The maximum absolute atomic E-state index is 10.4. The number of rotatable bonds is 4. The van der Waals surface area contributed by atoms with E-state index in [1.807, 2.05) is 0 Å². The van der Waals surface area contributed by atoms with Crippen LogP contribution < -0.4 is 4.74 Å². The Morgan fingerprint density at radius 1 is 1.29 bits per heavy atom. The molecule has 0 aliphatic carbocycles. The normalized spacial score (nSPS) is 10.3. The Labute approximate surface area is 96.7 Å². The summed E-state index contributed by atoms with van der Waals surface area (Å²) in [6.07, 6.45) is 0. The van der Waals surface area contributed by atoms with Gasteiger partial charge in [0.25, 0.3) is 5.24 Å². The predicted octanol–water partition coefficient (Wildman–Crippen LogP) is 3.31.